The van der Waals surface area contributed by atoms with E-state index in [1.807, 2.05) is 38.1 Å². The van der Waals surface area contributed by atoms with Crippen molar-refractivity contribution >= 4 is 28.9 Å². The first kappa shape index (κ1) is 17.7. The maximum Gasteiger partial charge on any atom is 0.348 e. The third-order valence-electron chi connectivity index (χ3n) is 4.44. The molecule has 0 radical (unpaired) electrons. The van der Waals surface area contributed by atoms with Gasteiger partial charge in [-0.3, -0.25) is 4.79 Å². The molecule has 1 aromatic heterocycles. The molecule has 1 heterocycles. The van der Waals surface area contributed by atoms with Crippen LogP contribution in [0.15, 0.2) is 24.3 Å². The predicted octanol–water partition coefficient (Wildman–Crippen LogP) is 4.43. The molecule has 1 amide bonds. The third-order valence-corrected chi connectivity index (χ3v) is 5.66. The van der Waals surface area contributed by atoms with E-state index in [1.54, 1.807) is 0 Å². The zero-order valence-electron chi connectivity index (χ0n) is 14.7. The summed E-state index contributed by atoms with van der Waals surface area (Å²) >= 11 is 1.51. The van der Waals surface area contributed by atoms with Crippen LogP contribution in [0.3, 0.4) is 0 Å². The number of fused-ring (bicyclic) bond motifs is 1. The van der Waals surface area contributed by atoms with Gasteiger partial charge in [-0.25, -0.2) is 4.79 Å². The van der Waals surface area contributed by atoms with Gasteiger partial charge < -0.3 is 10.1 Å². The molecule has 2 aromatic rings. The molecule has 3 rings (SSSR count). The summed E-state index contributed by atoms with van der Waals surface area (Å²) in [6.07, 6.45) is 5.68. The van der Waals surface area contributed by atoms with Crippen LogP contribution >= 0.6 is 11.3 Å². The van der Waals surface area contributed by atoms with Crippen molar-refractivity contribution in [2.75, 3.05) is 11.9 Å². The molecule has 1 aliphatic carbocycles. The molecule has 132 valence electrons. The number of benzene rings is 1. The van der Waals surface area contributed by atoms with Gasteiger partial charge in [0.25, 0.3) is 5.91 Å². The Bertz CT molecular complexity index is 771. The molecule has 0 fully saturated rings. The Balaban J connectivity index is 1.56. The molecule has 1 aromatic carbocycles. The summed E-state index contributed by atoms with van der Waals surface area (Å²) < 4.78 is 5.19. The predicted molar refractivity (Wildman–Crippen MR) is 100 cm³/mol. The minimum absolute atomic E-state index is 0.269. The molecule has 1 aliphatic rings. The minimum atomic E-state index is -0.408. The Morgan fingerprint density at radius 3 is 2.72 bits per heavy atom. The van der Waals surface area contributed by atoms with E-state index in [0.717, 1.165) is 29.7 Å². The fourth-order valence-electron chi connectivity index (χ4n) is 3.11. The van der Waals surface area contributed by atoms with Crippen molar-refractivity contribution in [1.29, 1.82) is 0 Å². The van der Waals surface area contributed by atoms with Crippen LogP contribution in [0, 0.1) is 13.8 Å². The van der Waals surface area contributed by atoms with Crippen molar-refractivity contribution in [3.05, 3.63) is 50.7 Å². The fourth-order valence-corrected chi connectivity index (χ4v) is 4.26. The van der Waals surface area contributed by atoms with E-state index in [-0.39, 0.29) is 12.5 Å². The number of amides is 1. The molecule has 4 nitrogen and oxygen atoms in total. The maximum absolute atomic E-state index is 12.2. The van der Waals surface area contributed by atoms with Crippen molar-refractivity contribution < 1.29 is 14.3 Å². The summed E-state index contributed by atoms with van der Waals surface area (Å²) in [5, 5.41) is 2.79. The number of anilines is 1. The monoisotopic (exact) mass is 357 g/mol. The molecular weight excluding hydrogens is 334 g/mol. The molecule has 5 heteroatoms. The summed E-state index contributed by atoms with van der Waals surface area (Å²) in [4.78, 5) is 26.2. The van der Waals surface area contributed by atoms with E-state index in [9.17, 15) is 9.59 Å². The zero-order valence-corrected chi connectivity index (χ0v) is 15.5. The molecule has 0 unspecified atom stereocenters. The van der Waals surface area contributed by atoms with Crippen molar-refractivity contribution in [1.82, 2.24) is 0 Å². The van der Waals surface area contributed by atoms with Gasteiger partial charge in [0.1, 0.15) is 4.88 Å². The van der Waals surface area contributed by atoms with Gasteiger partial charge in [-0.2, -0.15) is 0 Å². The average Bonchev–Trinajstić information content (AvgIpc) is 2.86. The molecule has 0 bridgehead atoms. The van der Waals surface area contributed by atoms with Crippen LogP contribution in [-0.2, 0) is 22.4 Å². The number of aryl methyl sites for hydroxylation is 4. The highest BCUT2D eigenvalue weighted by molar-refractivity contribution is 7.14. The number of thiophene rings is 1. The summed E-state index contributed by atoms with van der Waals surface area (Å²) in [5.74, 6) is -0.729. The first-order valence-corrected chi connectivity index (χ1v) is 9.50. The van der Waals surface area contributed by atoms with Gasteiger partial charge in [0.2, 0.25) is 0 Å². The van der Waals surface area contributed by atoms with Crippen molar-refractivity contribution in [2.24, 2.45) is 0 Å². The summed E-state index contributed by atoms with van der Waals surface area (Å²) in [6, 6.07) is 7.74. The second-order valence-corrected chi connectivity index (χ2v) is 7.70. The van der Waals surface area contributed by atoms with Crippen LogP contribution in [0.5, 0.6) is 0 Å². The van der Waals surface area contributed by atoms with E-state index in [2.05, 4.69) is 5.32 Å². The highest BCUT2D eigenvalue weighted by atomic mass is 32.1. The average molecular weight is 357 g/mol. The summed E-state index contributed by atoms with van der Waals surface area (Å²) in [7, 11) is 0. The molecule has 0 saturated heterocycles. The maximum atomic E-state index is 12.2. The van der Waals surface area contributed by atoms with Gasteiger partial charge in [0.05, 0.1) is 0 Å². The lowest BCUT2D eigenvalue weighted by Gasteiger charge is -2.09. The zero-order chi connectivity index (χ0) is 17.8. The van der Waals surface area contributed by atoms with Gasteiger partial charge in [0.15, 0.2) is 6.61 Å². The number of carbonyl (C=O) groups excluding carboxylic acids is 2. The Morgan fingerprint density at radius 2 is 1.92 bits per heavy atom. The molecule has 0 saturated carbocycles. The van der Waals surface area contributed by atoms with E-state index in [1.165, 1.54) is 41.0 Å². The van der Waals surface area contributed by atoms with Crippen LogP contribution < -0.4 is 5.32 Å². The molecule has 25 heavy (non-hydrogen) atoms. The first-order valence-electron chi connectivity index (χ1n) is 8.69. The lowest BCUT2D eigenvalue weighted by molar-refractivity contribution is -0.119. The van der Waals surface area contributed by atoms with Crippen molar-refractivity contribution in [3.63, 3.8) is 0 Å². The van der Waals surface area contributed by atoms with E-state index in [0.29, 0.717) is 4.88 Å². The van der Waals surface area contributed by atoms with Crippen LogP contribution in [0.25, 0.3) is 0 Å². The highest BCUT2D eigenvalue weighted by Gasteiger charge is 2.18. The summed E-state index contributed by atoms with van der Waals surface area (Å²) in [5.41, 5.74) is 4.14. The molecular formula is C20H23NO3S. The first-order chi connectivity index (χ1) is 12.0. The van der Waals surface area contributed by atoms with Crippen LogP contribution in [0.4, 0.5) is 5.69 Å². The lowest BCUT2D eigenvalue weighted by Crippen LogP contribution is -2.21. The minimum Gasteiger partial charge on any atom is -0.451 e. The normalized spacial score (nSPS) is 13.7. The van der Waals surface area contributed by atoms with Gasteiger partial charge in [-0.15, -0.1) is 11.3 Å². The Labute approximate surface area is 152 Å². The quantitative estimate of drug-likeness (QED) is 0.650. The number of nitrogens with one attached hydrogen (secondary N) is 1. The van der Waals surface area contributed by atoms with Crippen molar-refractivity contribution in [3.8, 4) is 0 Å². The van der Waals surface area contributed by atoms with Gasteiger partial charge in [0, 0.05) is 10.6 Å². The van der Waals surface area contributed by atoms with E-state index < -0.39 is 5.97 Å². The van der Waals surface area contributed by atoms with Crippen molar-refractivity contribution in [2.45, 2.75) is 46.0 Å². The summed E-state index contributed by atoms with van der Waals surface area (Å²) in [6.45, 7) is 3.67. The van der Waals surface area contributed by atoms with Gasteiger partial charge in [-0.1, -0.05) is 24.1 Å². The SMILES string of the molecule is Cc1ccc(NC(=O)COC(=O)c2cc3c(s2)CCCCC3)c(C)c1. The van der Waals surface area contributed by atoms with E-state index in [4.69, 9.17) is 4.74 Å². The molecule has 0 aliphatic heterocycles. The number of hydrogen-bond acceptors (Lipinski definition) is 4. The standard InChI is InChI=1S/C20H23NO3S/c1-13-8-9-16(14(2)10-13)21-19(22)12-24-20(23)18-11-15-6-4-3-5-7-17(15)25-18/h8-11H,3-7,12H2,1-2H3,(H,21,22). The Kier molecular flexibility index (Phi) is 5.53. The van der Waals surface area contributed by atoms with E-state index >= 15 is 0 Å². The largest absolute Gasteiger partial charge is 0.451 e. The van der Waals surface area contributed by atoms with Gasteiger partial charge in [-0.05, 0) is 62.8 Å². The lowest BCUT2D eigenvalue weighted by atomic mass is 10.1. The Morgan fingerprint density at radius 1 is 1.12 bits per heavy atom. The Hall–Kier alpha value is -2.14. The number of ether oxygens (including phenoxy) is 1. The number of esters is 1. The number of rotatable bonds is 4. The smallest absolute Gasteiger partial charge is 0.348 e. The van der Waals surface area contributed by atoms with Gasteiger partial charge >= 0.3 is 5.97 Å². The fraction of sp³-hybridized carbons (Fsp3) is 0.400. The number of carbonyl (C=O) groups is 2. The number of hydrogen-bond donors (Lipinski definition) is 1. The van der Waals surface area contributed by atoms with Crippen LogP contribution in [0.1, 0.15) is 50.5 Å². The van der Waals surface area contributed by atoms with Crippen LogP contribution in [0.2, 0.25) is 0 Å². The second kappa shape index (κ2) is 7.83. The highest BCUT2D eigenvalue weighted by Crippen LogP contribution is 2.29. The molecule has 0 atom stereocenters. The second-order valence-electron chi connectivity index (χ2n) is 6.56. The topological polar surface area (TPSA) is 55.4 Å². The molecule has 1 N–H and O–H groups in total. The molecule has 0 spiro atoms. The van der Waals surface area contributed by atoms with Crippen LogP contribution in [-0.4, -0.2) is 18.5 Å². The third kappa shape index (κ3) is 4.48.